The largest absolute Gasteiger partial charge is 0.459 e. The van der Waals surface area contributed by atoms with Crippen molar-refractivity contribution in [3.63, 3.8) is 0 Å². The molecule has 1 saturated heterocycles. The van der Waals surface area contributed by atoms with Gasteiger partial charge in [-0.1, -0.05) is 19.1 Å². The zero-order valence-electron chi connectivity index (χ0n) is 15.8. The fraction of sp³-hybridized carbons (Fsp3) is 0.381. The number of nitrogens with one attached hydrogen (secondary N) is 1. The van der Waals surface area contributed by atoms with Crippen LogP contribution >= 0.6 is 11.3 Å². The third kappa shape index (κ3) is 3.80. The monoisotopic (exact) mass is 397 g/mol. The van der Waals surface area contributed by atoms with Crippen LogP contribution in [0.1, 0.15) is 47.7 Å². The molecule has 0 radical (unpaired) electrons. The number of aromatic nitrogens is 1. The number of rotatable bonds is 5. The summed E-state index contributed by atoms with van der Waals surface area (Å²) in [6.45, 7) is 3.13. The number of hydrogen-bond donors (Lipinski definition) is 1. The predicted molar refractivity (Wildman–Crippen MR) is 108 cm³/mol. The minimum absolute atomic E-state index is 0.104. The lowest BCUT2D eigenvalue weighted by atomic mass is 10.0. The van der Waals surface area contributed by atoms with Crippen LogP contribution in [-0.2, 0) is 4.79 Å². The zero-order valence-corrected chi connectivity index (χ0v) is 16.6. The van der Waals surface area contributed by atoms with Crippen molar-refractivity contribution in [2.24, 2.45) is 0 Å². The quantitative estimate of drug-likeness (QED) is 0.710. The van der Waals surface area contributed by atoms with Crippen LogP contribution in [0.3, 0.4) is 0 Å². The van der Waals surface area contributed by atoms with Crippen molar-refractivity contribution in [2.75, 3.05) is 13.1 Å². The first-order valence-electron chi connectivity index (χ1n) is 9.61. The summed E-state index contributed by atoms with van der Waals surface area (Å²) in [6.07, 6.45) is 3.99. The van der Waals surface area contributed by atoms with Gasteiger partial charge in [-0.25, -0.2) is 4.98 Å². The van der Waals surface area contributed by atoms with Crippen molar-refractivity contribution in [1.82, 2.24) is 15.2 Å². The lowest BCUT2D eigenvalue weighted by molar-refractivity contribution is -0.126. The Bertz CT molecular complexity index is 933. The first kappa shape index (κ1) is 18.7. The third-order valence-corrected chi connectivity index (χ3v) is 6.38. The Labute approximate surface area is 167 Å². The molecule has 1 N–H and O–H groups in total. The van der Waals surface area contributed by atoms with Gasteiger partial charge >= 0.3 is 0 Å². The van der Waals surface area contributed by atoms with E-state index in [1.807, 2.05) is 18.2 Å². The van der Waals surface area contributed by atoms with E-state index in [4.69, 9.17) is 4.42 Å². The second-order valence-electron chi connectivity index (χ2n) is 7.15. The van der Waals surface area contributed by atoms with Gasteiger partial charge in [-0.05, 0) is 43.5 Å². The number of para-hydroxylation sites is 1. The van der Waals surface area contributed by atoms with E-state index in [-0.39, 0.29) is 23.5 Å². The third-order valence-electron chi connectivity index (χ3n) is 5.11. The van der Waals surface area contributed by atoms with Gasteiger partial charge in [0, 0.05) is 19.0 Å². The van der Waals surface area contributed by atoms with Crippen LogP contribution in [-0.4, -0.2) is 40.8 Å². The second kappa shape index (κ2) is 8.14. The van der Waals surface area contributed by atoms with Gasteiger partial charge in [0.25, 0.3) is 5.91 Å². The van der Waals surface area contributed by atoms with E-state index in [1.165, 1.54) is 6.26 Å². The van der Waals surface area contributed by atoms with Crippen molar-refractivity contribution in [3.8, 4) is 0 Å². The smallest absolute Gasteiger partial charge is 0.290 e. The van der Waals surface area contributed by atoms with Crippen molar-refractivity contribution < 1.29 is 14.0 Å². The number of likely N-dealkylation sites (tertiary alicyclic amines) is 1. The number of carbonyl (C=O) groups excluding carboxylic acids is 2. The molecule has 4 rings (SSSR count). The molecule has 2 atom stereocenters. The molecule has 0 bridgehead atoms. The molecule has 0 spiro atoms. The molecule has 0 aliphatic carbocycles. The van der Waals surface area contributed by atoms with Crippen molar-refractivity contribution in [2.45, 2.75) is 38.1 Å². The van der Waals surface area contributed by atoms with Gasteiger partial charge in [0.15, 0.2) is 5.76 Å². The number of furan rings is 1. The number of nitrogens with zero attached hydrogens (tertiary/aromatic N) is 2. The number of thiazole rings is 1. The summed E-state index contributed by atoms with van der Waals surface area (Å²) >= 11 is 1.66. The topological polar surface area (TPSA) is 75.4 Å². The van der Waals surface area contributed by atoms with Crippen molar-refractivity contribution in [1.29, 1.82) is 0 Å². The molecule has 1 fully saturated rings. The normalized spacial score (nSPS) is 18.2. The van der Waals surface area contributed by atoms with Gasteiger partial charge in [-0.3, -0.25) is 9.59 Å². The first-order valence-corrected chi connectivity index (χ1v) is 10.4. The highest BCUT2D eigenvalue weighted by Crippen LogP contribution is 2.27. The maximum absolute atomic E-state index is 12.8. The molecule has 6 nitrogen and oxygen atoms in total. The first-order chi connectivity index (χ1) is 13.6. The van der Waals surface area contributed by atoms with Gasteiger partial charge in [-0.2, -0.15) is 0 Å². The summed E-state index contributed by atoms with van der Waals surface area (Å²) in [5.41, 5.74) is 0.989. The molecule has 2 amide bonds. The molecule has 1 aliphatic rings. The van der Waals surface area contributed by atoms with Crippen LogP contribution in [0.25, 0.3) is 10.2 Å². The summed E-state index contributed by atoms with van der Waals surface area (Å²) in [6, 6.07) is 10.9. The summed E-state index contributed by atoms with van der Waals surface area (Å²) < 4.78 is 6.38. The Hall–Kier alpha value is -2.67. The van der Waals surface area contributed by atoms with Crippen LogP contribution in [0.15, 0.2) is 47.1 Å². The molecule has 146 valence electrons. The number of hydrogen-bond acceptors (Lipinski definition) is 5. The van der Waals surface area contributed by atoms with E-state index in [1.54, 1.807) is 28.4 Å². The van der Waals surface area contributed by atoms with E-state index < -0.39 is 6.04 Å². The van der Waals surface area contributed by atoms with Gasteiger partial charge in [-0.15, -0.1) is 11.3 Å². The van der Waals surface area contributed by atoms with Gasteiger partial charge in [0.1, 0.15) is 6.04 Å². The number of piperidine rings is 1. The fourth-order valence-corrected chi connectivity index (χ4v) is 4.57. The highest BCUT2D eigenvalue weighted by atomic mass is 32.1. The molecule has 3 heterocycles. The molecule has 1 aliphatic heterocycles. The molecule has 7 heteroatoms. The van der Waals surface area contributed by atoms with Gasteiger partial charge in [0.05, 0.1) is 21.5 Å². The number of fused-ring (bicyclic) bond motifs is 1. The number of carbonyl (C=O) groups is 2. The highest BCUT2D eigenvalue weighted by Gasteiger charge is 2.33. The van der Waals surface area contributed by atoms with E-state index in [9.17, 15) is 9.59 Å². The molecule has 2 aromatic heterocycles. The summed E-state index contributed by atoms with van der Waals surface area (Å²) in [5.74, 6) is 0.0679. The number of benzene rings is 1. The lowest BCUT2D eigenvalue weighted by Gasteiger charge is -2.34. The Kier molecular flexibility index (Phi) is 5.43. The SMILES string of the molecule is CC(CNC(=O)C1CCCCN1C(=O)c1ccco1)c1nc2ccccc2s1. The Morgan fingerprint density at radius 3 is 2.93 bits per heavy atom. The van der Waals surface area contributed by atoms with Crippen LogP contribution < -0.4 is 5.32 Å². The van der Waals surface area contributed by atoms with Crippen LogP contribution in [0.5, 0.6) is 0 Å². The maximum Gasteiger partial charge on any atom is 0.290 e. The Balaban J connectivity index is 1.40. The maximum atomic E-state index is 12.8. The Morgan fingerprint density at radius 2 is 2.14 bits per heavy atom. The zero-order chi connectivity index (χ0) is 19.5. The average Bonchev–Trinajstić information content (AvgIpc) is 3.41. The standard InChI is InChI=1S/C21H23N3O3S/c1-14(20-23-15-7-2-3-10-18(15)28-20)13-22-19(25)16-8-4-5-11-24(16)21(26)17-9-6-12-27-17/h2-3,6-7,9-10,12,14,16H,4-5,8,11,13H2,1H3,(H,22,25). The molecule has 0 saturated carbocycles. The van der Waals surface area contributed by atoms with E-state index >= 15 is 0 Å². The minimum atomic E-state index is -0.450. The van der Waals surface area contributed by atoms with Gasteiger partial charge < -0.3 is 14.6 Å². The summed E-state index contributed by atoms with van der Waals surface area (Å²) in [5, 5.41) is 4.04. The minimum Gasteiger partial charge on any atom is -0.459 e. The van der Waals surface area contributed by atoms with Gasteiger partial charge in [0.2, 0.25) is 5.91 Å². The molecule has 1 aromatic carbocycles. The number of amides is 2. The molecule has 28 heavy (non-hydrogen) atoms. The average molecular weight is 398 g/mol. The molecular formula is C21H23N3O3S. The van der Waals surface area contributed by atoms with Crippen LogP contribution in [0.4, 0.5) is 0 Å². The van der Waals surface area contributed by atoms with Crippen molar-refractivity contribution in [3.05, 3.63) is 53.4 Å². The van der Waals surface area contributed by atoms with E-state index in [2.05, 4.69) is 23.3 Å². The predicted octanol–water partition coefficient (Wildman–Crippen LogP) is 3.80. The second-order valence-corrected chi connectivity index (χ2v) is 8.22. The molecule has 2 unspecified atom stereocenters. The van der Waals surface area contributed by atoms with Crippen LogP contribution in [0, 0.1) is 0 Å². The summed E-state index contributed by atoms with van der Waals surface area (Å²) in [4.78, 5) is 31.8. The fourth-order valence-electron chi connectivity index (χ4n) is 3.55. The molecular weight excluding hydrogens is 374 g/mol. The van der Waals surface area contributed by atoms with E-state index in [0.717, 1.165) is 28.1 Å². The molecule has 3 aromatic rings. The van der Waals surface area contributed by atoms with E-state index in [0.29, 0.717) is 19.5 Å². The van der Waals surface area contributed by atoms with Crippen molar-refractivity contribution >= 4 is 33.4 Å². The Morgan fingerprint density at radius 1 is 1.29 bits per heavy atom. The summed E-state index contributed by atoms with van der Waals surface area (Å²) in [7, 11) is 0. The lowest BCUT2D eigenvalue weighted by Crippen LogP contribution is -2.52. The highest BCUT2D eigenvalue weighted by molar-refractivity contribution is 7.18. The van der Waals surface area contributed by atoms with Crippen LogP contribution in [0.2, 0.25) is 0 Å².